The Morgan fingerprint density at radius 3 is 2.72 bits per heavy atom. The van der Waals surface area contributed by atoms with Crippen molar-refractivity contribution in [2.75, 3.05) is 5.88 Å². The number of nitrogens with one attached hydrogen (secondary N) is 1. The van der Waals surface area contributed by atoms with Crippen molar-refractivity contribution in [1.82, 2.24) is 9.88 Å². The average Bonchev–Trinajstić information content (AvgIpc) is 2.68. The molecule has 4 heteroatoms. The maximum Gasteiger partial charge on any atom is 0.235 e. The number of aromatic nitrogens is 1. The first-order chi connectivity index (χ1) is 8.45. The van der Waals surface area contributed by atoms with Gasteiger partial charge in [0, 0.05) is 29.7 Å². The van der Waals surface area contributed by atoms with Gasteiger partial charge in [0.15, 0.2) is 0 Å². The molecule has 0 saturated heterocycles. The van der Waals surface area contributed by atoms with Gasteiger partial charge in [-0.1, -0.05) is 18.2 Å². The average molecular weight is 265 g/mol. The molecule has 2 aromatic rings. The van der Waals surface area contributed by atoms with Crippen LogP contribution >= 0.6 is 11.6 Å². The van der Waals surface area contributed by atoms with Gasteiger partial charge in [-0.15, -0.1) is 11.6 Å². The van der Waals surface area contributed by atoms with Crippen molar-refractivity contribution in [3.63, 3.8) is 0 Å². The van der Waals surface area contributed by atoms with Gasteiger partial charge in [0.2, 0.25) is 5.91 Å². The van der Waals surface area contributed by atoms with E-state index in [2.05, 4.69) is 28.2 Å². The minimum absolute atomic E-state index is 0.0196. The number of aryl methyl sites for hydroxylation is 1. The second kappa shape index (κ2) is 4.65. The van der Waals surface area contributed by atoms with Crippen molar-refractivity contribution >= 4 is 28.4 Å². The molecule has 1 aromatic carbocycles. The van der Waals surface area contributed by atoms with E-state index in [1.165, 1.54) is 0 Å². The van der Waals surface area contributed by atoms with Gasteiger partial charge in [-0.25, -0.2) is 0 Å². The molecule has 96 valence electrons. The molecular weight excluding hydrogens is 248 g/mol. The van der Waals surface area contributed by atoms with Crippen molar-refractivity contribution in [2.45, 2.75) is 19.4 Å². The van der Waals surface area contributed by atoms with Gasteiger partial charge in [0.25, 0.3) is 0 Å². The van der Waals surface area contributed by atoms with E-state index >= 15 is 0 Å². The highest BCUT2D eigenvalue weighted by molar-refractivity contribution is 6.27. The van der Waals surface area contributed by atoms with Gasteiger partial charge >= 0.3 is 0 Å². The topological polar surface area (TPSA) is 34.0 Å². The molecule has 0 spiro atoms. The predicted molar refractivity (Wildman–Crippen MR) is 74.8 cm³/mol. The third-order valence-corrected chi connectivity index (χ3v) is 3.39. The van der Waals surface area contributed by atoms with Gasteiger partial charge < -0.3 is 9.88 Å². The Morgan fingerprint density at radius 1 is 1.39 bits per heavy atom. The largest absolute Gasteiger partial charge is 0.350 e. The molecule has 0 radical (unpaired) electrons. The number of carbonyl (C=O) groups excluding carboxylic acids is 1. The van der Waals surface area contributed by atoms with Crippen molar-refractivity contribution in [3.05, 3.63) is 36.0 Å². The molecule has 18 heavy (non-hydrogen) atoms. The maximum absolute atomic E-state index is 11.5. The summed E-state index contributed by atoms with van der Waals surface area (Å²) in [4.78, 5) is 11.5. The normalized spacial score (nSPS) is 11.8. The zero-order valence-corrected chi connectivity index (χ0v) is 11.6. The number of hydrogen-bond donors (Lipinski definition) is 1. The molecule has 1 N–H and O–H groups in total. The van der Waals surface area contributed by atoms with Gasteiger partial charge in [-0.3, -0.25) is 4.79 Å². The fourth-order valence-electron chi connectivity index (χ4n) is 2.29. The smallest absolute Gasteiger partial charge is 0.235 e. The number of carbonyl (C=O) groups is 1. The summed E-state index contributed by atoms with van der Waals surface area (Å²) in [6.45, 7) is 3.97. The number of amides is 1. The fourth-order valence-corrected chi connectivity index (χ4v) is 2.36. The van der Waals surface area contributed by atoms with Crippen LogP contribution in [0.2, 0.25) is 0 Å². The Kier molecular flexibility index (Phi) is 3.35. The molecule has 1 heterocycles. The van der Waals surface area contributed by atoms with Gasteiger partial charge in [-0.2, -0.15) is 0 Å². The molecule has 1 amide bonds. The summed E-state index contributed by atoms with van der Waals surface area (Å²) in [6, 6.07) is 8.15. The van der Waals surface area contributed by atoms with E-state index in [4.69, 9.17) is 11.6 Å². The summed E-state index contributed by atoms with van der Waals surface area (Å²) < 4.78 is 2.07. The van der Waals surface area contributed by atoms with Crippen molar-refractivity contribution < 1.29 is 4.79 Å². The molecular formula is C14H17ClN2O. The summed E-state index contributed by atoms with van der Waals surface area (Å²) in [7, 11) is 2.01. The van der Waals surface area contributed by atoms with Crippen LogP contribution in [0.25, 0.3) is 10.9 Å². The maximum atomic E-state index is 11.5. The number of hydrogen-bond acceptors (Lipinski definition) is 1. The van der Waals surface area contributed by atoms with Crippen LogP contribution in [0, 0.1) is 0 Å². The molecule has 2 rings (SSSR count). The summed E-state index contributed by atoms with van der Waals surface area (Å²) in [5.41, 5.74) is 1.81. The Morgan fingerprint density at radius 2 is 2.06 bits per heavy atom. The third-order valence-electron chi connectivity index (χ3n) is 3.14. The van der Waals surface area contributed by atoms with Crippen LogP contribution in [-0.2, 0) is 17.4 Å². The van der Waals surface area contributed by atoms with Crippen LogP contribution in [-0.4, -0.2) is 16.4 Å². The van der Waals surface area contributed by atoms with Gasteiger partial charge in [-0.05, 0) is 19.9 Å². The van der Waals surface area contributed by atoms with E-state index in [-0.39, 0.29) is 11.8 Å². The lowest BCUT2D eigenvalue weighted by Gasteiger charge is -2.25. The summed E-state index contributed by atoms with van der Waals surface area (Å²) >= 11 is 5.55. The van der Waals surface area contributed by atoms with E-state index in [9.17, 15) is 4.79 Å². The van der Waals surface area contributed by atoms with Crippen LogP contribution in [0.3, 0.4) is 0 Å². The molecule has 0 aliphatic carbocycles. The number of fused-ring (bicyclic) bond motifs is 1. The lowest BCUT2D eigenvalue weighted by atomic mass is 9.94. The van der Waals surface area contributed by atoms with E-state index in [0.29, 0.717) is 0 Å². The quantitative estimate of drug-likeness (QED) is 0.850. The zero-order chi connectivity index (χ0) is 13.3. The minimum atomic E-state index is -0.438. The molecule has 0 unspecified atom stereocenters. The van der Waals surface area contributed by atoms with E-state index in [0.717, 1.165) is 16.5 Å². The molecule has 0 bridgehead atoms. The van der Waals surface area contributed by atoms with Crippen molar-refractivity contribution in [2.24, 2.45) is 7.05 Å². The van der Waals surface area contributed by atoms with Crippen molar-refractivity contribution in [3.8, 4) is 0 Å². The van der Waals surface area contributed by atoms with Crippen LogP contribution in [0.5, 0.6) is 0 Å². The van der Waals surface area contributed by atoms with Crippen LogP contribution in [0.15, 0.2) is 30.5 Å². The Balaban J connectivity index is 2.50. The van der Waals surface area contributed by atoms with E-state index in [1.54, 1.807) is 0 Å². The molecule has 0 aliphatic rings. The predicted octanol–water partition coefficient (Wildman–Crippen LogP) is 2.77. The van der Waals surface area contributed by atoms with Crippen molar-refractivity contribution in [1.29, 1.82) is 0 Å². The lowest BCUT2D eigenvalue weighted by molar-refractivity contribution is -0.120. The highest BCUT2D eigenvalue weighted by Crippen LogP contribution is 2.29. The standard InChI is InChI=1S/C14H17ClN2O/c1-14(2,16-13(18)8-15)11-9-17(3)12-7-5-4-6-10(11)12/h4-7,9H,8H2,1-3H3,(H,16,18). The minimum Gasteiger partial charge on any atom is -0.350 e. The Hall–Kier alpha value is -1.48. The number of rotatable bonds is 3. The molecule has 0 aliphatic heterocycles. The lowest BCUT2D eigenvalue weighted by Crippen LogP contribution is -2.41. The monoisotopic (exact) mass is 264 g/mol. The fraction of sp³-hybridized carbons (Fsp3) is 0.357. The third kappa shape index (κ3) is 2.23. The highest BCUT2D eigenvalue weighted by atomic mass is 35.5. The molecule has 0 atom stereocenters. The van der Waals surface area contributed by atoms with E-state index in [1.807, 2.05) is 33.0 Å². The van der Waals surface area contributed by atoms with Gasteiger partial charge in [0.05, 0.1) is 5.54 Å². The molecule has 0 saturated carbocycles. The Labute approximate surface area is 112 Å². The number of benzene rings is 1. The number of para-hydroxylation sites is 1. The van der Waals surface area contributed by atoms with Crippen LogP contribution < -0.4 is 5.32 Å². The Bertz CT molecular complexity index is 586. The zero-order valence-electron chi connectivity index (χ0n) is 10.8. The summed E-state index contributed by atoms with van der Waals surface area (Å²) in [5.74, 6) is -0.177. The molecule has 0 fully saturated rings. The number of nitrogens with zero attached hydrogens (tertiary/aromatic N) is 1. The SMILES string of the molecule is Cn1cc(C(C)(C)NC(=O)CCl)c2ccccc21. The molecule has 3 nitrogen and oxygen atoms in total. The number of halogens is 1. The van der Waals surface area contributed by atoms with Gasteiger partial charge in [0.1, 0.15) is 5.88 Å². The summed E-state index contributed by atoms with van der Waals surface area (Å²) in [5, 5.41) is 4.10. The second-order valence-corrected chi connectivity index (χ2v) is 5.24. The van der Waals surface area contributed by atoms with E-state index < -0.39 is 5.54 Å². The first kappa shape index (κ1) is 13.0. The van der Waals surface area contributed by atoms with Crippen LogP contribution in [0.1, 0.15) is 19.4 Å². The highest BCUT2D eigenvalue weighted by Gasteiger charge is 2.26. The summed E-state index contributed by atoms with van der Waals surface area (Å²) in [6.07, 6.45) is 2.05. The van der Waals surface area contributed by atoms with Crippen LogP contribution in [0.4, 0.5) is 0 Å². The first-order valence-electron chi connectivity index (χ1n) is 5.87. The number of alkyl halides is 1. The second-order valence-electron chi connectivity index (χ2n) is 4.98. The first-order valence-corrected chi connectivity index (χ1v) is 6.40. The molecule has 1 aromatic heterocycles.